The maximum atomic E-state index is 11.9. The van der Waals surface area contributed by atoms with Gasteiger partial charge in [-0.3, -0.25) is 4.79 Å². The predicted molar refractivity (Wildman–Crippen MR) is 83.7 cm³/mol. The summed E-state index contributed by atoms with van der Waals surface area (Å²) in [6, 6.07) is 5.80. The number of nitrogens with zero attached hydrogens (tertiary/aromatic N) is 1. The Morgan fingerprint density at radius 1 is 1.29 bits per heavy atom. The number of nitrogens with two attached hydrogens (primary N) is 1. The molecule has 0 bridgehead atoms. The van der Waals surface area contributed by atoms with Crippen LogP contribution in [0.5, 0.6) is 11.5 Å². The van der Waals surface area contributed by atoms with Crippen molar-refractivity contribution in [2.45, 2.75) is 39.3 Å². The third-order valence-electron chi connectivity index (χ3n) is 2.96. The van der Waals surface area contributed by atoms with Crippen LogP contribution in [-0.4, -0.2) is 43.7 Å². The van der Waals surface area contributed by atoms with Gasteiger partial charge in [0, 0.05) is 20.1 Å². The van der Waals surface area contributed by atoms with Crippen LogP contribution in [0.1, 0.15) is 26.3 Å². The molecule has 21 heavy (non-hydrogen) atoms. The van der Waals surface area contributed by atoms with E-state index in [2.05, 4.69) is 0 Å². The van der Waals surface area contributed by atoms with E-state index in [1.165, 1.54) is 4.90 Å². The fraction of sp³-hybridized carbons (Fsp3) is 0.562. The van der Waals surface area contributed by atoms with Crippen LogP contribution in [0.4, 0.5) is 0 Å². The lowest BCUT2D eigenvalue weighted by molar-refractivity contribution is -0.135. The van der Waals surface area contributed by atoms with E-state index in [4.69, 9.17) is 15.2 Å². The average Bonchev–Trinajstić information content (AvgIpc) is 2.40. The second kappa shape index (κ2) is 7.88. The van der Waals surface area contributed by atoms with E-state index < -0.39 is 6.10 Å². The van der Waals surface area contributed by atoms with Crippen molar-refractivity contribution in [3.63, 3.8) is 0 Å². The molecule has 118 valence electrons. The van der Waals surface area contributed by atoms with Crippen LogP contribution in [0, 0.1) is 0 Å². The Balaban J connectivity index is 2.92. The summed E-state index contributed by atoms with van der Waals surface area (Å²) in [5.74, 6) is 1.14. The molecule has 1 aromatic rings. The van der Waals surface area contributed by atoms with Crippen molar-refractivity contribution in [2.75, 3.05) is 20.7 Å². The summed E-state index contributed by atoms with van der Waals surface area (Å²) in [7, 11) is 3.41. The highest BCUT2D eigenvalue weighted by molar-refractivity contribution is 5.80. The van der Waals surface area contributed by atoms with Crippen LogP contribution in [-0.2, 0) is 11.2 Å². The summed E-state index contributed by atoms with van der Waals surface area (Å²) < 4.78 is 11.3. The van der Waals surface area contributed by atoms with E-state index >= 15 is 0 Å². The molecule has 1 rings (SSSR count). The summed E-state index contributed by atoms with van der Waals surface area (Å²) in [6.45, 7) is 6.14. The largest absolute Gasteiger partial charge is 0.490 e. The van der Waals surface area contributed by atoms with E-state index in [0.29, 0.717) is 18.1 Å². The first-order chi connectivity index (χ1) is 9.85. The molecule has 1 amide bonds. The number of carbonyl (C=O) groups excluding carboxylic acids is 1. The molecule has 0 fully saturated rings. The molecule has 5 heteroatoms. The minimum atomic E-state index is -0.557. The van der Waals surface area contributed by atoms with E-state index in [-0.39, 0.29) is 11.9 Å². The van der Waals surface area contributed by atoms with Gasteiger partial charge in [0.1, 0.15) is 0 Å². The predicted octanol–water partition coefficient (Wildman–Crippen LogP) is 1.83. The number of amides is 1. The van der Waals surface area contributed by atoms with Gasteiger partial charge in [-0.05, 0) is 44.9 Å². The summed E-state index contributed by atoms with van der Waals surface area (Å²) in [4.78, 5) is 13.4. The van der Waals surface area contributed by atoms with Crippen molar-refractivity contribution >= 4 is 5.91 Å². The summed E-state index contributed by atoms with van der Waals surface area (Å²) in [6.07, 6.45) is 0.213. The van der Waals surface area contributed by atoms with E-state index in [0.717, 1.165) is 12.0 Å². The maximum Gasteiger partial charge on any atom is 0.262 e. The molecule has 1 aromatic carbocycles. The summed E-state index contributed by atoms with van der Waals surface area (Å²) >= 11 is 0. The Morgan fingerprint density at radius 3 is 2.48 bits per heavy atom. The van der Waals surface area contributed by atoms with Crippen molar-refractivity contribution in [3.05, 3.63) is 23.8 Å². The van der Waals surface area contributed by atoms with Crippen LogP contribution in [0.25, 0.3) is 0 Å². The van der Waals surface area contributed by atoms with Gasteiger partial charge in [-0.1, -0.05) is 6.07 Å². The number of ether oxygens (including phenoxy) is 2. The van der Waals surface area contributed by atoms with Crippen molar-refractivity contribution < 1.29 is 14.3 Å². The molecule has 0 aliphatic heterocycles. The zero-order chi connectivity index (χ0) is 16.0. The molecule has 2 atom stereocenters. The lowest BCUT2D eigenvalue weighted by Gasteiger charge is -2.20. The van der Waals surface area contributed by atoms with Gasteiger partial charge in [0.25, 0.3) is 5.91 Å². The fourth-order valence-corrected chi connectivity index (χ4v) is 2.02. The normalized spacial score (nSPS) is 13.4. The first-order valence-electron chi connectivity index (χ1n) is 7.24. The van der Waals surface area contributed by atoms with E-state index in [9.17, 15) is 4.79 Å². The first-order valence-corrected chi connectivity index (χ1v) is 7.24. The Bertz CT molecular complexity index is 473. The van der Waals surface area contributed by atoms with Crippen LogP contribution in [0.15, 0.2) is 18.2 Å². The van der Waals surface area contributed by atoms with Crippen LogP contribution in [0.2, 0.25) is 0 Å². The molecule has 0 heterocycles. The first kappa shape index (κ1) is 17.3. The van der Waals surface area contributed by atoms with Gasteiger partial charge in [-0.25, -0.2) is 0 Å². The second-order valence-electron chi connectivity index (χ2n) is 5.39. The highest BCUT2D eigenvalue weighted by Crippen LogP contribution is 2.30. The third-order valence-corrected chi connectivity index (χ3v) is 2.96. The SMILES string of the molecule is CCOc1cc(CC(C)N)ccc1OC(C)C(=O)N(C)C. The standard InChI is InChI=1S/C16H26N2O3/c1-6-20-15-10-13(9-11(2)17)7-8-14(15)21-12(3)16(19)18(4)5/h7-8,10-12H,6,9,17H2,1-5H3. The quantitative estimate of drug-likeness (QED) is 0.833. The van der Waals surface area contributed by atoms with Crippen molar-refractivity contribution in [1.29, 1.82) is 0 Å². The van der Waals surface area contributed by atoms with Gasteiger partial charge in [-0.15, -0.1) is 0 Å². The molecule has 0 aliphatic carbocycles. The maximum absolute atomic E-state index is 11.9. The zero-order valence-electron chi connectivity index (χ0n) is 13.6. The van der Waals surface area contributed by atoms with Gasteiger partial charge in [0.2, 0.25) is 0 Å². The highest BCUT2D eigenvalue weighted by Gasteiger charge is 2.18. The van der Waals surface area contributed by atoms with Crippen LogP contribution < -0.4 is 15.2 Å². The highest BCUT2D eigenvalue weighted by atomic mass is 16.5. The molecule has 0 saturated heterocycles. The van der Waals surface area contributed by atoms with Gasteiger partial charge in [-0.2, -0.15) is 0 Å². The lowest BCUT2D eigenvalue weighted by atomic mass is 10.1. The molecule has 2 N–H and O–H groups in total. The van der Waals surface area contributed by atoms with Gasteiger partial charge < -0.3 is 20.1 Å². The number of hydrogen-bond donors (Lipinski definition) is 1. The monoisotopic (exact) mass is 294 g/mol. The van der Waals surface area contributed by atoms with Crippen LogP contribution in [0.3, 0.4) is 0 Å². The van der Waals surface area contributed by atoms with Crippen molar-refractivity contribution in [2.24, 2.45) is 5.73 Å². The minimum Gasteiger partial charge on any atom is -0.490 e. The molecular formula is C16H26N2O3. The summed E-state index contributed by atoms with van der Waals surface area (Å²) in [5, 5.41) is 0. The molecule has 2 unspecified atom stereocenters. The molecule has 0 aromatic heterocycles. The fourth-order valence-electron chi connectivity index (χ4n) is 2.02. The van der Waals surface area contributed by atoms with Gasteiger partial charge >= 0.3 is 0 Å². The Kier molecular flexibility index (Phi) is 6.49. The molecule has 5 nitrogen and oxygen atoms in total. The Hall–Kier alpha value is -1.75. The molecule has 0 spiro atoms. The topological polar surface area (TPSA) is 64.8 Å². The number of rotatable bonds is 7. The Morgan fingerprint density at radius 2 is 1.95 bits per heavy atom. The van der Waals surface area contributed by atoms with E-state index in [1.54, 1.807) is 21.0 Å². The lowest BCUT2D eigenvalue weighted by Crippen LogP contribution is -2.35. The number of likely N-dealkylation sites (N-methyl/N-ethyl adjacent to an activating group) is 1. The molecule has 0 aliphatic rings. The summed E-state index contributed by atoms with van der Waals surface area (Å²) in [5.41, 5.74) is 6.91. The number of hydrogen-bond acceptors (Lipinski definition) is 4. The van der Waals surface area contributed by atoms with Gasteiger partial charge in [0.15, 0.2) is 17.6 Å². The van der Waals surface area contributed by atoms with E-state index in [1.807, 2.05) is 32.0 Å². The number of benzene rings is 1. The Labute approximate surface area is 127 Å². The molecular weight excluding hydrogens is 268 g/mol. The average molecular weight is 294 g/mol. The third kappa shape index (κ3) is 5.27. The van der Waals surface area contributed by atoms with Crippen molar-refractivity contribution in [1.82, 2.24) is 4.90 Å². The smallest absolute Gasteiger partial charge is 0.262 e. The van der Waals surface area contributed by atoms with Crippen molar-refractivity contribution in [3.8, 4) is 11.5 Å². The zero-order valence-corrected chi connectivity index (χ0v) is 13.6. The second-order valence-corrected chi connectivity index (χ2v) is 5.39. The molecule has 0 radical (unpaired) electrons. The van der Waals surface area contributed by atoms with Crippen LogP contribution >= 0.6 is 0 Å². The van der Waals surface area contributed by atoms with Gasteiger partial charge in [0.05, 0.1) is 6.61 Å². The minimum absolute atomic E-state index is 0.0838. The number of carbonyl (C=O) groups is 1. The molecule has 0 saturated carbocycles.